The lowest BCUT2D eigenvalue weighted by atomic mass is 9.49. The smallest absolute Gasteiger partial charge is 0.242 e. The predicted octanol–water partition coefficient (Wildman–Crippen LogP) is 1.56. The summed E-state index contributed by atoms with van der Waals surface area (Å²) in [6.07, 6.45) is 8.60. The number of amides is 2. The topological polar surface area (TPSA) is 61.4 Å². The van der Waals surface area contributed by atoms with Crippen LogP contribution in [0.4, 0.5) is 0 Å². The van der Waals surface area contributed by atoms with E-state index in [1.807, 2.05) is 4.90 Å². The summed E-state index contributed by atoms with van der Waals surface area (Å²) in [5.74, 6) is 2.77. The van der Waals surface area contributed by atoms with Crippen molar-refractivity contribution in [2.75, 3.05) is 32.7 Å². The van der Waals surface area contributed by atoms with Crippen LogP contribution >= 0.6 is 12.4 Å². The molecule has 1 saturated heterocycles. The first-order chi connectivity index (χ1) is 11.1. The molecule has 5 nitrogen and oxygen atoms in total. The van der Waals surface area contributed by atoms with Gasteiger partial charge in [0.1, 0.15) is 0 Å². The van der Waals surface area contributed by atoms with Gasteiger partial charge in [0.25, 0.3) is 0 Å². The lowest BCUT2D eigenvalue weighted by Gasteiger charge is -2.56. The third kappa shape index (κ3) is 3.72. The van der Waals surface area contributed by atoms with E-state index < -0.39 is 0 Å². The van der Waals surface area contributed by atoms with Gasteiger partial charge in [0.05, 0.1) is 6.54 Å². The maximum Gasteiger partial charge on any atom is 0.242 e. The van der Waals surface area contributed by atoms with Crippen LogP contribution in [0.1, 0.15) is 44.9 Å². The van der Waals surface area contributed by atoms with Crippen LogP contribution in [0.3, 0.4) is 0 Å². The number of nitrogens with one attached hydrogen (secondary N) is 2. The minimum Gasteiger partial charge on any atom is -0.347 e. The molecule has 0 atom stereocenters. The van der Waals surface area contributed by atoms with Gasteiger partial charge in [-0.3, -0.25) is 9.59 Å². The van der Waals surface area contributed by atoms with Gasteiger partial charge < -0.3 is 15.5 Å². The molecule has 0 unspecified atom stereocenters. The van der Waals surface area contributed by atoms with Gasteiger partial charge in [0, 0.05) is 32.6 Å². The highest BCUT2D eigenvalue weighted by Gasteiger charge is 2.51. The van der Waals surface area contributed by atoms with Crippen molar-refractivity contribution in [3.63, 3.8) is 0 Å². The van der Waals surface area contributed by atoms with E-state index in [9.17, 15) is 9.59 Å². The number of carbonyl (C=O) groups excluding carboxylic acids is 2. The van der Waals surface area contributed by atoms with E-state index in [-0.39, 0.29) is 36.2 Å². The van der Waals surface area contributed by atoms with E-state index in [1.54, 1.807) is 0 Å². The van der Waals surface area contributed by atoms with E-state index in [0.717, 1.165) is 43.9 Å². The molecule has 136 valence electrons. The summed E-state index contributed by atoms with van der Waals surface area (Å²) in [6.45, 7) is 3.39. The molecule has 1 aliphatic heterocycles. The fourth-order valence-electron chi connectivity index (χ4n) is 6.11. The zero-order valence-electron chi connectivity index (χ0n) is 14.4. The predicted molar refractivity (Wildman–Crippen MR) is 94.9 cm³/mol. The van der Waals surface area contributed by atoms with Crippen LogP contribution in [0.2, 0.25) is 0 Å². The SMILES string of the molecule is Cl.O=C(CC12CC3CC(CC(C3)C1)C2)NCC(=O)N1CCNCC1. The number of hydrogen-bond acceptors (Lipinski definition) is 3. The van der Waals surface area contributed by atoms with Crippen molar-refractivity contribution >= 4 is 24.2 Å². The van der Waals surface area contributed by atoms with Crippen LogP contribution in [0.5, 0.6) is 0 Å². The molecule has 2 amide bonds. The van der Waals surface area contributed by atoms with Crippen molar-refractivity contribution in [3.8, 4) is 0 Å². The molecule has 1 heterocycles. The monoisotopic (exact) mass is 355 g/mol. The molecule has 5 rings (SSSR count). The Labute approximate surface area is 150 Å². The van der Waals surface area contributed by atoms with Gasteiger partial charge in [0.2, 0.25) is 11.8 Å². The summed E-state index contributed by atoms with van der Waals surface area (Å²) in [5, 5.41) is 6.14. The van der Waals surface area contributed by atoms with Crippen LogP contribution in [0.25, 0.3) is 0 Å². The van der Waals surface area contributed by atoms with E-state index >= 15 is 0 Å². The van der Waals surface area contributed by atoms with Crippen LogP contribution in [0.15, 0.2) is 0 Å². The molecule has 4 bridgehead atoms. The van der Waals surface area contributed by atoms with Gasteiger partial charge in [-0.05, 0) is 61.7 Å². The summed E-state index contributed by atoms with van der Waals surface area (Å²) in [6, 6.07) is 0. The number of carbonyl (C=O) groups is 2. The molecule has 5 aliphatic rings. The largest absolute Gasteiger partial charge is 0.347 e. The Hall–Kier alpha value is -0.810. The molecule has 2 N–H and O–H groups in total. The highest BCUT2D eigenvalue weighted by Crippen LogP contribution is 2.61. The van der Waals surface area contributed by atoms with Crippen molar-refractivity contribution in [3.05, 3.63) is 0 Å². The fourth-order valence-corrected chi connectivity index (χ4v) is 6.11. The molecule has 0 aromatic heterocycles. The molecular formula is C18H30ClN3O2. The second kappa shape index (κ2) is 7.20. The Kier molecular flexibility index (Phi) is 5.40. The standard InChI is InChI=1S/C18H29N3O2.ClH/c22-16(20-12-17(23)21-3-1-19-2-4-21)11-18-8-13-5-14(9-18)7-15(6-13)10-18;/h13-15,19H,1-12H2,(H,20,22);1H. The minimum absolute atomic E-state index is 0. The zero-order chi connectivity index (χ0) is 15.9. The summed E-state index contributed by atoms with van der Waals surface area (Å²) in [5.41, 5.74) is 0.261. The van der Waals surface area contributed by atoms with Crippen LogP contribution in [-0.2, 0) is 9.59 Å². The third-order valence-electron chi connectivity index (χ3n) is 6.61. The summed E-state index contributed by atoms with van der Waals surface area (Å²) < 4.78 is 0. The fraction of sp³-hybridized carbons (Fsp3) is 0.889. The van der Waals surface area contributed by atoms with Crippen molar-refractivity contribution in [2.24, 2.45) is 23.2 Å². The summed E-state index contributed by atoms with van der Waals surface area (Å²) in [7, 11) is 0. The molecule has 5 fully saturated rings. The van der Waals surface area contributed by atoms with Gasteiger partial charge in [-0.1, -0.05) is 0 Å². The van der Waals surface area contributed by atoms with E-state index in [1.165, 1.54) is 38.5 Å². The van der Waals surface area contributed by atoms with Crippen LogP contribution < -0.4 is 10.6 Å². The number of piperazine rings is 1. The molecule has 0 aromatic rings. The van der Waals surface area contributed by atoms with E-state index in [0.29, 0.717) is 6.42 Å². The van der Waals surface area contributed by atoms with Crippen LogP contribution in [0, 0.1) is 23.2 Å². The van der Waals surface area contributed by atoms with Crippen molar-refractivity contribution in [1.82, 2.24) is 15.5 Å². The van der Waals surface area contributed by atoms with Crippen molar-refractivity contribution in [2.45, 2.75) is 44.9 Å². The van der Waals surface area contributed by atoms with Gasteiger partial charge in [-0.2, -0.15) is 0 Å². The Morgan fingerprint density at radius 2 is 1.54 bits per heavy atom. The second-order valence-electron chi connectivity index (χ2n) is 8.50. The number of nitrogens with zero attached hydrogens (tertiary/aromatic N) is 1. The molecule has 0 spiro atoms. The second-order valence-corrected chi connectivity index (χ2v) is 8.50. The van der Waals surface area contributed by atoms with E-state index in [4.69, 9.17) is 0 Å². The van der Waals surface area contributed by atoms with Crippen LogP contribution in [-0.4, -0.2) is 49.4 Å². The maximum atomic E-state index is 12.4. The lowest BCUT2D eigenvalue weighted by Crippen LogP contribution is -2.51. The number of rotatable bonds is 4. The molecule has 4 aliphatic carbocycles. The average molecular weight is 356 g/mol. The molecular weight excluding hydrogens is 326 g/mol. The van der Waals surface area contributed by atoms with Gasteiger partial charge in [-0.15, -0.1) is 12.4 Å². The Bertz CT molecular complexity index is 455. The molecule has 6 heteroatoms. The first kappa shape index (κ1) is 18.0. The van der Waals surface area contributed by atoms with Crippen molar-refractivity contribution in [1.29, 1.82) is 0 Å². The minimum atomic E-state index is 0. The summed E-state index contributed by atoms with van der Waals surface area (Å²) >= 11 is 0. The first-order valence-corrected chi connectivity index (χ1v) is 9.37. The highest BCUT2D eigenvalue weighted by atomic mass is 35.5. The van der Waals surface area contributed by atoms with Crippen molar-refractivity contribution < 1.29 is 9.59 Å². The van der Waals surface area contributed by atoms with E-state index in [2.05, 4.69) is 10.6 Å². The molecule has 4 saturated carbocycles. The Morgan fingerprint density at radius 3 is 2.08 bits per heavy atom. The van der Waals surface area contributed by atoms with Gasteiger partial charge in [-0.25, -0.2) is 0 Å². The van der Waals surface area contributed by atoms with Gasteiger partial charge in [0.15, 0.2) is 0 Å². The number of halogens is 1. The Balaban J connectivity index is 0.00000169. The zero-order valence-corrected chi connectivity index (χ0v) is 15.2. The normalized spacial score (nSPS) is 37.0. The first-order valence-electron chi connectivity index (χ1n) is 9.37. The lowest BCUT2D eigenvalue weighted by molar-refractivity contribution is -0.135. The average Bonchev–Trinajstić information content (AvgIpc) is 2.51. The quantitative estimate of drug-likeness (QED) is 0.804. The Morgan fingerprint density at radius 1 is 1.00 bits per heavy atom. The molecule has 0 radical (unpaired) electrons. The third-order valence-corrected chi connectivity index (χ3v) is 6.61. The highest BCUT2D eigenvalue weighted by molar-refractivity contribution is 5.85. The molecule has 0 aromatic carbocycles. The number of hydrogen-bond donors (Lipinski definition) is 2. The van der Waals surface area contributed by atoms with Gasteiger partial charge >= 0.3 is 0 Å². The molecule has 24 heavy (non-hydrogen) atoms. The summed E-state index contributed by atoms with van der Waals surface area (Å²) in [4.78, 5) is 26.4. The maximum absolute atomic E-state index is 12.4.